The van der Waals surface area contributed by atoms with Gasteiger partial charge in [0.05, 0.1) is 0 Å². The minimum atomic E-state index is -5.08. The minimum absolute atomic E-state index is 1.00. The molecule has 1 aliphatic heterocycles. The predicted octanol–water partition coefficient (Wildman–Crippen LogP) is 1.04. The van der Waals surface area contributed by atoms with E-state index in [1.54, 1.807) is 0 Å². The van der Waals surface area contributed by atoms with Crippen molar-refractivity contribution in [2.45, 2.75) is 19.0 Å². The quantitative estimate of drug-likeness (QED) is 0.637. The van der Waals surface area contributed by atoms with Crippen LogP contribution in [-0.4, -0.2) is 42.7 Å². The lowest BCUT2D eigenvalue weighted by atomic mass is 10.4. The highest BCUT2D eigenvalue weighted by atomic mass is 19.4. The third kappa shape index (κ3) is 11.2. The van der Waals surface area contributed by atoms with Crippen LogP contribution in [0.25, 0.3) is 0 Å². The monoisotopic (exact) mass is 218 g/mol. The van der Waals surface area contributed by atoms with E-state index in [1.807, 2.05) is 0 Å². The molecule has 0 saturated carbocycles. The lowest BCUT2D eigenvalue weighted by Crippen LogP contribution is -2.21. The average molecular weight is 218 g/mol. The Balaban J connectivity index is 0. The van der Waals surface area contributed by atoms with E-state index in [0.29, 0.717) is 0 Å². The van der Waals surface area contributed by atoms with E-state index in [-0.39, 0.29) is 0 Å². The van der Waals surface area contributed by atoms with Gasteiger partial charge in [-0.25, -0.2) is 4.79 Å². The second-order valence-corrected chi connectivity index (χ2v) is 2.12. The number of carbonyl (C=O) groups is 1. The first-order chi connectivity index (χ1) is 6.44. The van der Waals surface area contributed by atoms with Crippen LogP contribution in [0.3, 0.4) is 0 Å². The molecule has 1 saturated heterocycles. The Morgan fingerprint density at radius 1 is 1.21 bits per heavy atom. The molecule has 1 rings (SSSR count). The minimum Gasteiger partial charge on any atom is -0.475 e. The smallest absolute Gasteiger partial charge is 0.475 e. The first kappa shape index (κ1) is 15.6. The molecule has 1 aliphatic rings. The maximum Gasteiger partial charge on any atom is 0.490 e. The Hall–Kier alpha value is -0.820. The summed E-state index contributed by atoms with van der Waals surface area (Å²) in [5.74, 6) is -2.76. The highest BCUT2D eigenvalue weighted by Crippen LogP contribution is 2.13. The SMILES string of the molecule is C1CCOC1.CO.O=C(O)C(F)(F)F. The Labute approximate surface area is 79.3 Å². The number of carboxylic acid groups (broad SMARTS) is 1. The van der Waals surface area contributed by atoms with Crippen LogP contribution in [0.2, 0.25) is 0 Å². The summed E-state index contributed by atoms with van der Waals surface area (Å²) in [5.41, 5.74) is 0. The fraction of sp³-hybridized carbons (Fsp3) is 0.857. The zero-order valence-corrected chi connectivity index (χ0v) is 7.67. The fourth-order valence-electron chi connectivity index (χ4n) is 0.510. The van der Waals surface area contributed by atoms with E-state index in [9.17, 15) is 13.2 Å². The second kappa shape index (κ2) is 8.76. The number of rotatable bonds is 0. The molecule has 0 atom stereocenters. The van der Waals surface area contributed by atoms with Gasteiger partial charge in [0, 0.05) is 20.3 Å². The molecule has 0 radical (unpaired) electrons. The summed E-state index contributed by atoms with van der Waals surface area (Å²) in [6.45, 7) is 2.00. The van der Waals surface area contributed by atoms with Crippen LogP contribution >= 0.6 is 0 Å². The maximum atomic E-state index is 10.6. The van der Waals surface area contributed by atoms with Gasteiger partial charge in [0.15, 0.2) is 0 Å². The van der Waals surface area contributed by atoms with Gasteiger partial charge in [-0.2, -0.15) is 13.2 Å². The first-order valence-corrected chi connectivity index (χ1v) is 3.77. The summed E-state index contributed by atoms with van der Waals surface area (Å²) in [4.78, 5) is 8.90. The van der Waals surface area contributed by atoms with E-state index in [0.717, 1.165) is 20.3 Å². The number of aliphatic hydroxyl groups excluding tert-OH is 1. The predicted molar refractivity (Wildman–Crippen MR) is 41.9 cm³/mol. The standard InChI is InChI=1S/C4H8O.C2HF3O2.CH4O/c1-2-4-5-3-1;3-2(4,5)1(6)7;1-2/h1-4H2;(H,6,7);2H,1H3. The lowest BCUT2D eigenvalue weighted by molar-refractivity contribution is -0.192. The number of aliphatic hydroxyl groups is 1. The van der Waals surface area contributed by atoms with E-state index >= 15 is 0 Å². The van der Waals surface area contributed by atoms with Crippen LogP contribution in [0.15, 0.2) is 0 Å². The molecule has 0 aliphatic carbocycles. The van der Waals surface area contributed by atoms with Crippen LogP contribution in [0.1, 0.15) is 12.8 Å². The molecule has 4 nitrogen and oxygen atoms in total. The van der Waals surface area contributed by atoms with Crippen molar-refractivity contribution in [3.8, 4) is 0 Å². The molecule has 7 heteroatoms. The van der Waals surface area contributed by atoms with Crippen molar-refractivity contribution >= 4 is 5.97 Å². The Bertz CT molecular complexity index is 135. The normalized spacial score (nSPS) is 14.6. The van der Waals surface area contributed by atoms with Gasteiger partial charge in [-0.15, -0.1) is 0 Å². The Morgan fingerprint density at radius 3 is 1.57 bits per heavy atom. The molecule has 0 aromatic carbocycles. The van der Waals surface area contributed by atoms with Gasteiger partial charge in [-0.3, -0.25) is 0 Å². The molecular weight excluding hydrogens is 205 g/mol. The van der Waals surface area contributed by atoms with Crippen molar-refractivity contribution in [3.63, 3.8) is 0 Å². The summed E-state index contributed by atoms with van der Waals surface area (Å²) in [7, 11) is 1.00. The summed E-state index contributed by atoms with van der Waals surface area (Å²) in [6, 6.07) is 0. The highest BCUT2D eigenvalue weighted by Gasteiger charge is 2.38. The number of alkyl halides is 3. The van der Waals surface area contributed by atoms with Crippen molar-refractivity contribution in [1.82, 2.24) is 0 Å². The molecule has 0 spiro atoms. The van der Waals surface area contributed by atoms with E-state index in [4.69, 9.17) is 19.7 Å². The van der Waals surface area contributed by atoms with Crippen molar-refractivity contribution in [1.29, 1.82) is 0 Å². The maximum absolute atomic E-state index is 10.6. The molecule has 1 heterocycles. The molecule has 0 bridgehead atoms. The van der Waals surface area contributed by atoms with Crippen LogP contribution in [0.4, 0.5) is 13.2 Å². The first-order valence-electron chi connectivity index (χ1n) is 3.77. The number of ether oxygens (including phenoxy) is 1. The number of carboxylic acids is 1. The largest absolute Gasteiger partial charge is 0.490 e. The van der Waals surface area contributed by atoms with Gasteiger partial charge in [0.2, 0.25) is 0 Å². The number of aliphatic carboxylic acids is 1. The molecule has 2 N–H and O–H groups in total. The Morgan fingerprint density at radius 2 is 1.50 bits per heavy atom. The summed E-state index contributed by atoms with van der Waals surface area (Å²) < 4.78 is 36.7. The van der Waals surface area contributed by atoms with Crippen molar-refractivity contribution in [2.24, 2.45) is 0 Å². The van der Waals surface area contributed by atoms with Gasteiger partial charge in [0.1, 0.15) is 0 Å². The zero-order valence-electron chi connectivity index (χ0n) is 7.67. The summed E-state index contributed by atoms with van der Waals surface area (Å²) in [6.07, 6.45) is -2.53. The van der Waals surface area contributed by atoms with Gasteiger partial charge in [-0.05, 0) is 12.8 Å². The number of hydrogen-bond acceptors (Lipinski definition) is 3. The fourth-order valence-corrected chi connectivity index (χ4v) is 0.510. The molecule has 0 aromatic heterocycles. The van der Waals surface area contributed by atoms with Crippen LogP contribution < -0.4 is 0 Å². The zero-order chi connectivity index (χ0) is 11.6. The van der Waals surface area contributed by atoms with Gasteiger partial charge < -0.3 is 14.9 Å². The molecular formula is C7H13F3O4. The topological polar surface area (TPSA) is 66.8 Å². The third-order valence-electron chi connectivity index (χ3n) is 1.07. The van der Waals surface area contributed by atoms with Crippen LogP contribution in [0, 0.1) is 0 Å². The van der Waals surface area contributed by atoms with Crippen molar-refractivity contribution < 1.29 is 32.9 Å². The van der Waals surface area contributed by atoms with Crippen LogP contribution in [0.5, 0.6) is 0 Å². The van der Waals surface area contributed by atoms with Crippen molar-refractivity contribution in [2.75, 3.05) is 20.3 Å². The lowest BCUT2D eigenvalue weighted by Gasteiger charge is -1.93. The number of halogens is 3. The molecule has 0 unspecified atom stereocenters. The van der Waals surface area contributed by atoms with E-state index in [1.165, 1.54) is 12.8 Å². The van der Waals surface area contributed by atoms with Crippen molar-refractivity contribution in [3.05, 3.63) is 0 Å². The third-order valence-corrected chi connectivity index (χ3v) is 1.07. The average Bonchev–Trinajstić information content (AvgIpc) is 2.63. The Kier molecular flexibility index (Phi) is 9.79. The van der Waals surface area contributed by atoms with Gasteiger partial charge in [-0.1, -0.05) is 0 Å². The second-order valence-electron chi connectivity index (χ2n) is 2.12. The van der Waals surface area contributed by atoms with Crippen LogP contribution in [-0.2, 0) is 9.53 Å². The molecule has 1 fully saturated rings. The molecule has 86 valence electrons. The van der Waals surface area contributed by atoms with Gasteiger partial charge >= 0.3 is 12.1 Å². The summed E-state index contributed by atoms with van der Waals surface area (Å²) in [5, 5.41) is 14.1. The molecule has 0 aromatic rings. The molecule has 14 heavy (non-hydrogen) atoms. The molecule has 0 amide bonds. The number of hydrogen-bond donors (Lipinski definition) is 2. The van der Waals surface area contributed by atoms with E-state index in [2.05, 4.69) is 0 Å². The van der Waals surface area contributed by atoms with Gasteiger partial charge in [0.25, 0.3) is 0 Å². The summed E-state index contributed by atoms with van der Waals surface area (Å²) >= 11 is 0. The highest BCUT2D eigenvalue weighted by molar-refractivity contribution is 5.73. The van der Waals surface area contributed by atoms with E-state index < -0.39 is 12.1 Å².